The first kappa shape index (κ1) is 22.0. The number of hydrogen-bond acceptors (Lipinski definition) is 4. The molecule has 26 heavy (non-hydrogen) atoms. The summed E-state index contributed by atoms with van der Waals surface area (Å²) in [4.78, 5) is 23.2. The second-order valence-corrected chi connectivity index (χ2v) is 9.11. The Kier molecular flexibility index (Phi) is 6.86. The zero-order valence-corrected chi connectivity index (χ0v) is 17.2. The molecular formula is C21H32NO4-. The lowest BCUT2D eigenvalue weighted by molar-refractivity contribution is -0.309. The van der Waals surface area contributed by atoms with E-state index in [2.05, 4.69) is 52.9 Å². The fourth-order valence-electron chi connectivity index (χ4n) is 2.56. The molecule has 1 atom stereocenters. The Morgan fingerprint density at radius 2 is 1.65 bits per heavy atom. The number of aliphatic carboxylic acids is 1. The Labute approximate surface area is 157 Å². The lowest BCUT2D eigenvalue weighted by Crippen LogP contribution is -2.51. The Morgan fingerprint density at radius 3 is 2.08 bits per heavy atom. The van der Waals surface area contributed by atoms with Crippen LogP contribution in [0.1, 0.15) is 66.5 Å². The molecule has 1 amide bonds. The van der Waals surface area contributed by atoms with E-state index in [1.807, 2.05) is 12.1 Å². The molecule has 0 aliphatic rings. The standard InChI is InChI=1S/C21H33NO4/c1-13(2)18(19(24)25)22-17(23)12-26-16-10-9-14(20(3,4)5)11-15(16)21(6,7)8/h9-11,13,18H,12H2,1-8H3,(H,22,23)(H,24,25)/p-1/t18-/m1/s1. The summed E-state index contributed by atoms with van der Waals surface area (Å²) in [6.45, 7) is 15.9. The number of carbonyl (C=O) groups is 2. The van der Waals surface area contributed by atoms with Crippen LogP contribution in [0.25, 0.3) is 0 Å². The first-order valence-corrected chi connectivity index (χ1v) is 9.01. The third kappa shape index (κ3) is 6.04. The molecule has 0 saturated carbocycles. The number of carboxylic acids is 1. The molecule has 0 fully saturated rings. The summed E-state index contributed by atoms with van der Waals surface area (Å²) in [6, 6.07) is 4.97. The van der Waals surface area contributed by atoms with Gasteiger partial charge in [0, 0.05) is 0 Å². The highest BCUT2D eigenvalue weighted by molar-refractivity contribution is 5.83. The van der Waals surface area contributed by atoms with Crippen molar-refractivity contribution in [1.82, 2.24) is 5.32 Å². The Bertz CT molecular complexity index is 651. The molecule has 0 radical (unpaired) electrons. The number of hydrogen-bond donors (Lipinski definition) is 1. The van der Waals surface area contributed by atoms with Crippen molar-refractivity contribution in [3.05, 3.63) is 29.3 Å². The molecule has 1 aromatic rings. The second-order valence-electron chi connectivity index (χ2n) is 9.11. The van der Waals surface area contributed by atoms with E-state index < -0.39 is 17.9 Å². The van der Waals surface area contributed by atoms with Crippen molar-refractivity contribution >= 4 is 11.9 Å². The predicted octanol–water partition coefficient (Wildman–Crippen LogP) is 2.55. The summed E-state index contributed by atoms with van der Waals surface area (Å²) in [5, 5.41) is 13.6. The molecule has 0 bridgehead atoms. The minimum Gasteiger partial charge on any atom is -0.548 e. The maximum Gasteiger partial charge on any atom is 0.258 e. The van der Waals surface area contributed by atoms with E-state index in [1.165, 1.54) is 5.56 Å². The lowest BCUT2D eigenvalue weighted by Gasteiger charge is -2.27. The first-order valence-electron chi connectivity index (χ1n) is 9.01. The third-order valence-electron chi connectivity index (χ3n) is 4.25. The first-order chi connectivity index (χ1) is 11.7. The van der Waals surface area contributed by atoms with Crippen LogP contribution in [0, 0.1) is 5.92 Å². The highest BCUT2D eigenvalue weighted by atomic mass is 16.5. The SMILES string of the molecule is CC(C)[C@@H](NC(=O)COc1ccc(C(C)(C)C)cc1C(C)(C)C)C(=O)[O-]. The number of rotatable bonds is 6. The van der Waals surface area contributed by atoms with Crippen molar-refractivity contribution in [3.8, 4) is 5.75 Å². The van der Waals surface area contributed by atoms with Gasteiger partial charge in [0.05, 0.1) is 12.0 Å². The zero-order chi connectivity index (χ0) is 20.3. The molecular weight excluding hydrogens is 330 g/mol. The average molecular weight is 362 g/mol. The molecule has 146 valence electrons. The van der Waals surface area contributed by atoms with Crippen LogP contribution in [-0.2, 0) is 20.4 Å². The van der Waals surface area contributed by atoms with Crippen LogP contribution < -0.4 is 15.2 Å². The number of ether oxygens (including phenoxy) is 1. The molecule has 5 heteroatoms. The van der Waals surface area contributed by atoms with Crippen molar-refractivity contribution in [2.45, 2.75) is 72.3 Å². The topological polar surface area (TPSA) is 78.5 Å². The van der Waals surface area contributed by atoms with Gasteiger partial charge < -0.3 is 20.0 Å². The largest absolute Gasteiger partial charge is 0.548 e. The molecule has 0 heterocycles. The van der Waals surface area contributed by atoms with E-state index in [0.29, 0.717) is 5.75 Å². The molecule has 1 aromatic carbocycles. The van der Waals surface area contributed by atoms with Crippen molar-refractivity contribution in [3.63, 3.8) is 0 Å². The number of nitrogens with one attached hydrogen (secondary N) is 1. The monoisotopic (exact) mass is 362 g/mol. The van der Waals surface area contributed by atoms with E-state index in [9.17, 15) is 14.7 Å². The van der Waals surface area contributed by atoms with Crippen LogP contribution >= 0.6 is 0 Å². The molecule has 0 aromatic heterocycles. The third-order valence-corrected chi connectivity index (χ3v) is 4.25. The summed E-state index contributed by atoms with van der Waals surface area (Å²) in [6.07, 6.45) is 0. The molecule has 1 N–H and O–H groups in total. The van der Waals surface area contributed by atoms with Gasteiger partial charge in [-0.2, -0.15) is 0 Å². The van der Waals surface area contributed by atoms with E-state index >= 15 is 0 Å². The van der Waals surface area contributed by atoms with Crippen molar-refractivity contribution in [1.29, 1.82) is 0 Å². The van der Waals surface area contributed by atoms with Gasteiger partial charge in [0.25, 0.3) is 5.91 Å². The quantitative estimate of drug-likeness (QED) is 0.843. The molecule has 1 rings (SSSR count). The van der Waals surface area contributed by atoms with E-state index in [-0.39, 0.29) is 23.4 Å². The fourth-order valence-corrected chi connectivity index (χ4v) is 2.56. The summed E-state index contributed by atoms with van der Waals surface area (Å²) < 4.78 is 5.73. The zero-order valence-electron chi connectivity index (χ0n) is 17.2. The minimum atomic E-state index is -1.29. The van der Waals surface area contributed by atoms with Crippen LogP contribution in [0.2, 0.25) is 0 Å². The molecule has 0 spiro atoms. The van der Waals surface area contributed by atoms with Gasteiger partial charge in [-0.15, -0.1) is 0 Å². The minimum absolute atomic E-state index is 0.00881. The second kappa shape index (κ2) is 8.11. The molecule has 0 saturated heterocycles. The van der Waals surface area contributed by atoms with Crippen LogP contribution in [0.3, 0.4) is 0 Å². The number of benzene rings is 1. The van der Waals surface area contributed by atoms with Gasteiger partial charge in [-0.1, -0.05) is 67.5 Å². The highest BCUT2D eigenvalue weighted by Gasteiger charge is 2.24. The summed E-state index contributed by atoms with van der Waals surface area (Å²) in [5.41, 5.74) is 2.06. The number of carbonyl (C=O) groups excluding carboxylic acids is 2. The summed E-state index contributed by atoms with van der Waals surface area (Å²) in [7, 11) is 0. The normalized spacial score (nSPS) is 13.4. The van der Waals surface area contributed by atoms with Gasteiger partial charge in [-0.3, -0.25) is 4.79 Å². The Morgan fingerprint density at radius 1 is 1.08 bits per heavy atom. The van der Waals surface area contributed by atoms with Crippen LogP contribution in [-0.4, -0.2) is 24.5 Å². The van der Waals surface area contributed by atoms with Crippen LogP contribution in [0.5, 0.6) is 5.75 Å². The lowest BCUT2D eigenvalue weighted by atomic mass is 9.80. The summed E-state index contributed by atoms with van der Waals surface area (Å²) >= 11 is 0. The van der Waals surface area contributed by atoms with Crippen LogP contribution in [0.15, 0.2) is 18.2 Å². The van der Waals surface area contributed by atoms with E-state index in [1.54, 1.807) is 13.8 Å². The Hall–Kier alpha value is -2.04. The van der Waals surface area contributed by atoms with Crippen LogP contribution in [0.4, 0.5) is 0 Å². The average Bonchev–Trinajstić information content (AvgIpc) is 2.47. The molecule has 0 unspecified atom stereocenters. The molecule has 0 aliphatic carbocycles. The van der Waals surface area contributed by atoms with Gasteiger partial charge in [0.1, 0.15) is 5.75 Å². The number of amides is 1. The Balaban J connectivity index is 2.96. The highest BCUT2D eigenvalue weighted by Crippen LogP contribution is 2.35. The maximum absolute atomic E-state index is 12.1. The van der Waals surface area contributed by atoms with Gasteiger partial charge in [-0.25, -0.2) is 0 Å². The van der Waals surface area contributed by atoms with Crippen molar-refractivity contribution in [2.24, 2.45) is 5.92 Å². The van der Waals surface area contributed by atoms with E-state index in [4.69, 9.17) is 4.74 Å². The van der Waals surface area contributed by atoms with Gasteiger partial charge in [0.15, 0.2) is 6.61 Å². The maximum atomic E-state index is 12.1. The smallest absolute Gasteiger partial charge is 0.258 e. The molecule has 5 nitrogen and oxygen atoms in total. The van der Waals surface area contributed by atoms with E-state index in [0.717, 1.165) is 5.56 Å². The fraction of sp³-hybridized carbons (Fsp3) is 0.619. The molecule has 0 aliphatic heterocycles. The van der Waals surface area contributed by atoms with Gasteiger partial charge in [-0.05, 0) is 33.9 Å². The van der Waals surface area contributed by atoms with Crippen molar-refractivity contribution in [2.75, 3.05) is 6.61 Å². The van der Waals surface area contributed by atoms with Gasteiger partial charge >= 0.3 is 0 Å². The number of carboxylic acid groups (broad SMARTS) is 1. The van der Waals surface area contributed by atoms with Crippen molar-refractivity contribution < 1.29 is 19.4 Å². The summed E-state index contributed by atoms with van der Waals surface area (Å²) in [5.74, 6) is -1.40. The predicted molar refractivity (Wildman–Crippen MR) is 101 cm³/mol. The van der Waals surface area contributed by atoms with Gasteiger partial charge in [0.2, 0.25) is 0 Å².